The van der Waals surface area contributed by atoms with Crippen LogP contribution in [-0.4, -0.2) is 10.8 Å². The third kappa shape index (κ3) is 1.84. The maximum Gasteiger partial charge on any atom is 0.130 e. The first-order valence-electron chi connectivity index (χ1n) is 4.81. The number of ketones is 1. The van der Waals surface area contributed by atoms with Gasteiger partial charge in [-0.3, -0.25) is 0 Å². The summed E-state index contributed by atoms with van der Waals surface area (Å²) in [7, 11) is 0. The van der Waals surface area contributed by atoms with E-state index in [2.05, 4.69) is 23.2 Å². The Morgan fingerprint density at radius 3 is 3.00 bits per heavy atom. The summed E-state index contributed by atoms with van der Waals surface area (Å²) in [5, 5.41) is 1.21. The first-order valence-corrected chi connectivity index (χ1v) is 4.81. The van der Waals surface area contributed by atoms with Gasteiger partial charge in [-0.25, -0.2) is 0 Å². The Hall–Kier alpha value is -1.57. The highest BCUT2D eigenvalue weighted by molar-refractivity contribution is 5.80. The summed E-state index contributed by atoms with van der Waals surface area (Å²) in [4.78, 5) is 14.0. The average Bonchev–Trinajstić information content (AvgIpc) is 2.61. The number of hydrogen-bond acceptors (Lipinski definition) is 1. The molecular weight excluding hydrogens is 174 g/mol. The summed E-state index contributed by atoms with van der Waals surface area (Å²) in [6, 6.07) is 8.31. The molecule has 2 aromatic rings. The lowest BCUT2D eigenvalue weighted by Crippen LogP contribution is -1.93. The molecule has 0 saturated heterocycles. The van der Waals surface area contributed by atoms with Gasteiger partial charge in [0.2, 0.25) is 0 Å². The van der Waals surface area contributed by atoms with E-state index >= 15 is 0 Å². The van der Waals surface area contributed by atoms with Crippen LogP contribution in [0.3, 0.4) is 0 Å². The fourth-order valence-corrected chi connectivity index (χ4v) is 1.58. The van der Waals surface area contributed by atoms with E-state index in [9.17, 15) is 4.79 Å². The molecule has 2 heteroatoms. The van der Waals surface area contributed by atoms with Crippen LogP contribution in [0.2, 0.25) is 0 Å². The van der Waals surface area contributed by atoms with Crippen LogP contribution in [0.25, 0.3) is 10.9 Å². The van der Waals surface area contributed by atoms with Gasteiger partial charge in [0.05, 0.1) is 0 Å². The van der Waals surface area contributed by atoms with E-state index in [1.807, 2.05) is 12.3 Å². The van der Waals surface area contributed by atoms with Gasteiger partial charge in [0.15, 0.2) is 0 Å². The normalized spacial score (nSPS) is 10.6. The third-order valence-electron chi connectivity index (χ3n) is 2.38. The van der Waals surface area contributed by atoms with Crippen molar-refractivity contribution < 1.29 is 4.79 Å². The van der Waals surface area contributed by atoms with Crippen molar-refractivity contribution in [2.45, 2.75) is 19.8 Å². The molecular formula is C12H13NO. The van der Waals surface area contributed by atoms with Crippen molar-refractivity contribution in [3.8, 4) is 0 Å². The van der Waals surface area contributed by atoms with Gasteiger partial charge in [-0.2, -0.15) is 0 Å². The SMILES string of the molecule is CC(=O)CCc1ccc2[nH]ccc2c1. The lowest BCUT2D eigenvalue weighted by molar-refractivity contribution is -0.116. The smallest absolute Gasteiger partial charge is 0.130 e. The molecule has 0 spiro atoms. The molecule has 0 aliphatic heterocycles. The van der Waals surface area contributed by atoms with Gasteiger partial charge in [-0.15, -0.1) is 0 Å². The molecule has 0 unspecified atom stereocenters. The van der Waals surface area contributed by atoms with Crippen LogP contribution in [0.4, 0.5) is 0 Å². The molecule has 2 nitrogen and oxygen atoms in total. The minimum atomic E-state index is 0.249. The van der Waals surface area contributed by atoms with Crippen LogP contribution in [0, 0.1) is 0 Å². The number of fused-ring (bicyclic) bond motifs is 1. The zero-order chi connectivity index (χ0) is 9.97. The Bertz CT molecular complexity index is 456. The summed E-state index contributed by atoms with van der Waals surface area (Å²) in [6.07, 6.45) is 3.41. The first-order chi connectivity index (χ1) is 6.75. The number of benzene rings is 1. The van der Waals surface area contributed by atoms with Crippen LogP contribution < -0.4 is 0 Å². The van der Waals surface area contributed by atoms with Crippen LogP contribution in [-0.2, 0) is 11.2 Å². The fourth-order valence-electron chi connectivity index (χ4n) is 1.58. The molecule has 0 aliphatic carbocycles. The summed E-state index contributed by atoms with van der Waals surface area (Å²) in [5.74, 6) is 0.249. The number of aromatic amines is 1. The van der Waals surface area contributed by atoms with Crippen molar-refractivity contribution in [1.29, 1.82) is 0 Å². The molecule has 14 heavy (non-hydrogen) atoms. The molecule has 1 aromatic carbocycles. The van der Waals surface area contributed by atoms with Crippen molar-refractivity contribution in [1.82, 2.24) is 4.98 Å². The Kier molecular flexibility index (Phi) is 2.35. The van der Waals surface area contributed by atoms with Crippen LogP contribution in [0.5, 0.6) is 0 Å². The topological polar surface area (TPSA) is 32.9 Å². The van der Waals surface area contributed by atoms with Gasteiger partial charge in [-0.1, -0.05) is 6.07 Å². The Balaban J connectivity index is 2.21. The number of aromatic nitrogens is 1. The number of H-pyrrole nitrogens is 1. The number of hydrogen-bond donors (Lipinski definition) is 1. The van der Waals surface area contributed by atoms with Gasteiger partial charge in [0.1, 0.15) is 5.78 Å². The Morgan fingerprint density at radius 1 is 1.36 bits per heavy atom. The molecule has 1 aromatic heterocycles. The van der Waals surface area contributed by atoms with Crippen LogP contribution in [0.15, 0.2) is 30.5 Å². The van der Waals surface area contributed by atoms with Gasteiger partial charge >= 0.3 is 0 Å². The van der Waals surface area contributed by atoms with E-state index in [-0.39, 0.29) is 5.78 Å². The average molecular weight is 187 g/mol. The largest absolute Gasteiger partial charge is 0.361 e. The van der Waals surface area contributed by atoms with Gasteiger partial charge in [0, 0.05) is 18.1 Å². The molecule has 2 rings (SSSR count). The summed E-state index contributed by atoms with van der Waals surface area (Å²) < 4.78 is 0. The molecule has 0 aliphatic rings. The number of nitrogens with one attached hydrogen (secondary N) is 1. The predicted octanol–water partition coefficient (Wildman–Crippen LogP) is 2.69. The molecule has 1 heterocycles. The number of Topliss-reactive ketones (excluding diaryl/α,β-unsaturated/α-hetero) is 1. The first kappa shape index (κ1) is 9.00. The predicted molar refractivity (Wildman–Crippen MR) is 57.3 cm³/mol. The van der Waals surface area contributed by atoms with E-state index in [0.29, 0.717) is 6.42 Å². The van der Waals surface area contributed by atoms with Gasteiger partial charge < -0.3 is 9.78 Å². The van der Waals surface area contributed by atoms with Crippen molar-refractivity contribution in [3.63, 3.8) is 0 Å². The molecule has 0 atom stereocenters. The fraction of sp³-hybridized carbons (Fsp3) is 0.250. The molecule has 1 N–H and O–H groups in total. The minimum Gasteiger partial charge on any atom is -0.361 e. The standard InChI is InChI=1S/C12H13NO/c1-9(14)2-3-10-4-5-12-11(8-10)6-7-13-12/h4-8,13H,2-3H2,1H3. The quantitative estimate of drug-likeness (QED) is 0.787. The van der Waals surface area contributed by atoms with E-state index in [1.165, 1.54) is 10.9 Å². The molecule has 0 bridgehead atoms. The van der Waals surface area contributed by atoms with E-state index in [0.717, 1.165) is 11.9 Å². The lowest BCUT2D eigenvalue weighted by atomic mass is 10.1. The maximum absolute atomic E-state index is 10.8. The summed E-state index contributed by atoms with van der Waals surface area (Å²) in [6.45, 7) is 1.63. The van der Waals surface area contributed by atoms with Crippen LogP contribution in [0.1, 0.15) is 18.9 Å². The summed E-state index contributed by atoms with van der Waals surface area (Å²) >= 11 is 0. The highest BCUT2D eigenvalue weighted by Crippen LogP contribution is 2.15. The maximum atomic E-state index is 10.8. The second kappa shape index (κ2) is 3.66. The molecule has 0 saturated carbocycles. The van der Waals surface area contributed by atoms with Gasteiger partial charge in [0.25, 0.3) is 0 Å². The molecule has 0 radical (unpaired) electrons. The van der Waals surface area contributed by atoms with Gasteiger partial charge in [-0.05, 0) is 42.5 Å². The zero-order valence-corrected chi connectivity index (χ0v) is 8.21. The number of rotatable bonds is 3. The Labute approximate surface area is 82.9 Å². The zero-order valence-electron chi connectivity index (χ0n) is 8.21. The second-order valence-corrected chi connectivity index (χ2v) is 3.60. The molecule has 0 amide bonds. The monoisotopic (exact) mass is 187 g/mol. The van der Waals surface area contributed by atoms with Crippen LogP contribution >= 0.6 is 0 Å². The Morgan fingerprint density at radius 2 is 2.21 bits per heavy atom. The van der Waals surface area contributed by atoms with Crippen molar-refractivity contribution in [3.05, 3.63) is 36.0 Å². The molecule has 72 valence electrons. The van der Waals surface area contributed by atoms with E-state index in [1.54, 1.807) is 6.92 Å². The molecule has 0 fully saturated rings. The third-order valence-corrected chi connectivity index (χ3v) is 2.38. The van der Waals surface area contributed by atoms with E-state index < -0.39 is 0 Å². The second-order valence-electron chi connectivity index (χ2n) is 3.60. The highest BCUT2D eigenvalue weighted by Gasteiger charge is 1.99. The number of carbonyl (C=O) groups is 1. The minimum absolute atomic E-state index is 0.249. The number of carbonyl (C=O) groups excluding carboxylic acids is 1. The lowest BCUT2D eigenvalue weighted by Gasteiger charge is -1.99. The van der Waals surface area contributed by atoms with Crippen molar-refractivity contribution in [2.24, 2.45) is 0 Å². The van der Waals surface area contributed by atoms with Crippen molar-refractivity contribution >= 4 is 16.7 Å². The van der Waals surface area contributed by atoms with Crippen molar-refractivity contribution in [2.75, 3.05) is 0 Å². The number of aryl methyl sites for hydroxylation is 1. The summed E-state index contributed by atoms with van der Waals surface area (Å²) in [5.41, 5.74) is 2.38. The highest BCUT2D eigenvalue weighted by atomic mass is 16.1. The van der Waals surface area contributed by atoms with E-state index in [4.69, 9.17) is 0 Å².